The van der Waals surface area contributed by atoms with Gasteiger partial charge in [-0.05, 0) is 36.6 Å². The molecular formula is C12H15BrO3. The van der Waals surface area contributed by atoms with Crippen LogP contribution in [0.15, 0.2) is 16.6 Å². The summed E-state index contributed by atoms with van der Waals surface area (Å²) < 4.78 is 11.8. The number of benzene rings is 1. The van der Waals surface area contributed by atoms with Gasteiger partial charge in [-0.1, -0.05) is 15.9 Å². The second kappa shape index (κ2) is 5.17. The Kier molecular flexibility index (Phi) is 3.84. The molecule has 0 spiro atoms. The van der Waals surface area contributed by atoms with E-state index in [1.807, 2.05) is 19.1 Å². The molecule has 1 N–H and O–H groups in total. The van der Waals surface area contributed by atoms with Crippen LogP contribution >= 0.6 is 15.9 Å². The number of fused-ring (bicyclic) bond motifs is 1. The number of rotatable bonds is 2. The van der Waals surface area contributed by atoms with Gasteiger partial charge in [0.05, 0.1) is 19.8 Å². The molecule has 4 heteroatoms. The molecule has 0 radical (unpaired) electrons. The third-order valence-corrected chi connectivity index (χ3v) is 3.35. The summed E-state index contributed by atoms with van der Waals surface area (Å²) in [5.74, 6) is 0.786. The average molecular weight is 287 g/mol. The van der Waals surface area contributed by atoms with Gasteiger partial charge in [-0.2, -0.15) is 0 Å². The van der Waals surface area contributed by atoms with E-state index in [4.69, 9.17) is 9.47 Å². The minimum absolute atomic E-state index is 0.356. The lowest BCUT2D eigenvalue weighted by atomic mass is 10.0. The molecule has 0 aliphatic carbocycles. The molecule has 0 saturated carbocycles. The van der Waals surface area contributed by atoms with E-state index in [-0.39, 0.29) is 0 Å². The van der Waals surface area contributed by atoms with E-state index < -0.39 is 6.10 Å². The molecule has 1 unspecified atom stereocenters. The molecule has 1 aliphatic heterocycles. The second-order valence-corrected chi connectivity index (χ2v) is 4.60. The lowest BCUT2D eigenvalue weighted by molar-refractivity contribution is 0.0451. The average Bonchev–Trinajstić information content (AvgIpc) is 2.43. The van der Waals surface area contributed by atoms with Gasteiger partial charge in [-0.25, -0.2) is 0 Å². The third-order valence-electron chi connectivity index (χ3n) is 2.65. The van der Waals surface area contributed by atoms with Crippen LogP contribution < -0.4 is 4.74 Å². The third kappa shape index (κ3) is 2.39. The molecule has 1 heterocycles. The summed E-state index contributed by atoms with van der Waals surface area (Å²) in [4.78, 5) is 0. The molecule has 0 saturated heterocycles. The first-order chi connectivity index (χ1) is 7.72. The highest BCUT2D eigenvalue weighted by Gasteiger charge is 2.20. The van der Waals surface area contributed by atoms with Crippen molar-refractivity contribution in [3.8, 4) is 5.75 Å². The minimum Gasteiger partial charge on any atom is -0.494 e. The fourth-order valence-corrected chi connectivity index (χ4v) is 2.55. The normalized spacial score (nSPS) is 20.1. The van der Waals surface area contributed by atoms with Crippen LogP contribution in [-0.2, 0) is 11.2 Å². The zero-order chi connectivity index (χ0) is 11.5. The Bertz CT molecular complexity index is 379. The van der Waals surface area contributed by atoms with Crippen LogP contribution in [0.25, 0.3) is 0 Å². The molecule has 1 aromatic carbocycles. The molecule has 3 nitrogen and oxygen atoms in total. The first-order valence-electron chi connectivity index (χ1n) is 5.43. The summed E-state index contributed by atoms with van der Waals surface area (Å²) in [5.41, 5.74) is 2.03. The van der Waals surface area contributed by atoms with Gasteiger partial charge in [0.1, 0.15) is 11.9 Å². The second-order valence-electron chi connectivity index (χ2n) is 3.75. The van der Waals surface area contributed by atoms with Crippen molar-refractivity contribution in [3.63, 3.8) is 0 Å². The number of halogens is 1. The molecule has 1 aliphatic rings. The Labute approximate surface area is 104 Å². The van der Waals surface area contributed by atoms with Gasteiger partial charge in [-0.15, -0.1) is 0 Å². The number of hydrogen-bond donors (Lipinski definition) is 1. The van der Waals surface area contributed by atoms with Crippen LogP contribution in [0.2, 0.25) is 0 Å². The summed E-state index contributed by atoms with van der Waals surface area (Å²) in [6.45, 7) is 3.57. The van der Waals surface area contributed by atoms with E-state index >= 15 is 0 Å². The highest BCUT2D eigenvalue weighted by atomic mass is 79.9. The van der Waals surface area contributed by atoms with Crippen molar-refractivity contribution in [1.29, 1.82) is 0 Å². The van der Waals surface area contributed by atoms with Gasteiger partial charge in [0.15, 0.2) is 0 Å². The van der Waals surface area contributed by atoms with Crippen LogP contribution in [0.1, 0.15) is 24.2 Å². The number of hydrogen-bond acceptors (Lipinski definition) is 3. The number of ether oxygens (including phenoxy) is 2. The Balaban J connectivity index is 2.42. The zero-order valence-corrected chi connectivity index (χ0v) is 10.8. The Morgan fingerprint density at radius 3 is 3.12 bits per heavy atom. The first-order valence-corrected chi connectivity index (χ1v) is 6.22. The highest BCUT2D eigenvalue weighted by molar-refractivity contribution is 9.10. The smallest absolute Gasteiger partial charge is 0.120 e. The summed E-state index contributed by atoms with van der Waals surface area (Å²) in [6.07, 6.45) is 0.258. The standard InChI is InChI=1S/C12H15BrO3/c1-2-16-8-5-10-9(11(13)6-8)3-4-15-7-12(10)14/h5-6,12,14H,2-4,7H2,1H3. The van der Waals surface area contributed by atoms with E-state index in [0.29, 0.717) is 19.8 Å². The predicted molar refractivity (Wildman–Crippen MR) is 64.8 cm³/mol. The van der Waals surface area contributed by atoms with Crippen LogP contribution in [0.5, 0.6) is 5.75 Å². The lowest BCUT2D eigenvalue weighted by Gasteiger charge is -2.14. The van der Waals surface area contributed by atoms with Crippen molar-refractivity contribution in [2.24, 2.45) is 0 Å². The maximum absolute atomic E-state index is 9.96. The van der Waals surface area contributed by atoms with Gasteiger partial charge in [-0.3, -0.25) is 0 Å². The molecule has 0 amide bonds. The van der Waals surface area contributed by atoms with Crippen LogP contribution in [0.3, 0.4) is 0 Å². The summed E-state index contributed by atoms with van der Waals surface area (Å²) in [5, 5.41) is 9.96. The molecular weight excluding hydrogens is 272 g/mol. The van der Waals surface area contributed by atoms with E-state index in [1.54, 1.807) is 0 Å². The van der Waals surface area contributed by atoms with Gasteiger partial charge in [0.2, 0.25) is 0 Å². The summed E-state index contributed by atoms with van der Waals surface area (Å²) in [7, 11) is 0. The van der Waals surface area contributed by atoms with Gasteiger partial charge in [0, 0.05) is 4.47 Å². The number of aliphatic hydroxyl groups excluding tert-OH is 1. The van der Waals surface area contributed by atoms with Crippen LogP contribution in [0, 0.1) is 0 Å². The van der Waals surface area contributed by atoms with Crippen molar-refractivity contribution >= 4 is 15.9 Å². The van der Waals surface area contributed by atoms with Crippen molar-refractivity contribution in [3.05, 3.63) is 27.7 Å². The highest BCUT2D eigenvalue weighted by Crippen LogP contribution is 2.33. The number of aliphatic hydroxyl groups is 1. The monoisotopic (exact) mass is 286 g/mol. The topological polar surface area (TPSA) is 38.7 Å². The summed E-state index contributed by atoms with van der Waals surface area (Å²) in [6, 6.07) is 3.85. The molecule has 16 heavy (non-hydrogen) atoms. The quantitative estimate of drug-likeness (QED) is 0.908. The van der Waals surface area contributed by atoms with Crippen LogP contribution in [-0.4, -0.2) is 24.9 Å². The van der Waals surface area contributed by atoms with Gasteiger partial charge in [0.25, 0.3) is 0 Å². The summed E-state index contributed by atoms with van der Waals surface area (Å²) >= 11 is 3.52. The lowest BCUT2D eigenvalue weighted by Crippen LogP contribution is -2.05. The van der Waals surface area contributed by atoms with E-state index in [9.17, 15) is 5.11 Å². The SMILES string of the molecule is CCOc1cc(Br)c2c(c1)C(O)COCC2. The van der Waals surface area contributed by atoms with E-state index in [1.165, 1.54) is 0 Å². The van der Waals surface area contributed by atoms with Crippen molar-refractivity contribution in [1.82, 2.24) is 0 Å². The minimum atomic E-state index is -0.561. The Hall–Kier alpha value is -0.580. The molecule has 1 atom stereocenters. The molecule has 88 valence electrons. The van der Waals surface area contributed by atoms with Crippen molar-refractivity contribution in [2.45, 2.75) is 19.4 Å². The van der Waals surface area contributed by atoms with Crippen LogP contribution in [0.4, 0.5) is 0 Å². The van der Waals surface area contributed by atoms with E-state index in [2.05, 4.69) is 15.9 Å². The largest absolute Gasteiger partial charge is 0.494 e. The van der Waals surface area contributed by atoms with Crippen molar-refractivity contribution in [2.75, 3.05) is 19.8 Å². The van der Waals surface area contributed by atoms with Gasteiger partial charge < -0.3 is 14.6 Å². The molecule has 2 rings (SSSR count). The fraction of sp³-hybridized carbons (Fsp3) is 0.500. The maximum atomic E-state index is 9.96. The predicted octanol–water partition coefficient (Wildman–Crippen LogP) is 2.45. The zero-order valence-electron chi connectivity index (χ0n) is 9.20. The Morgan fingerprint density at radius 2 is 2.38 bits per heavy atom. The Morgan fingerprint density at radius 1 is 1.56 bits per heavy atom. The fourth-order valence-electron chi connectivity index (χ4n) is 1.90. The molecule has 0 bridgehead atoms. The van der Waals surface area contributed by atoms with Crippen molar-refractivity contribution < 1.29 is 14.6 Å². The van der Waals surface area contributed by atoms with E-state index in [0.717, 1.165) is 27.8 Å². The maximum Gasteiger partial charge on any atom is 0.120 e. The first kappa shape index (κ1) is 11.9. The molecule has 0 aromatic heterocycles. The molecule has 0 fully saturated rings. The van der Waals surface area contributed by atoms with Gasteiger partial charge >= 0.3 is 0 Å². The molecule has 1 aromatic rings.